The van der Waals surface area contributed by atoms with E-state index in [0.29, 0.717) is 44.7 Å². The number of unbranched alkanes of at least 4 members (excludes halogenated alkanes) is 1. The van der Waals surface area contributed by atoms with Gasteiger partial charge in [0.1, 0.15) is 5.69 Å². The Kier molecular flexibility index (Phi) is 8.17. The van der Waals surface area contributed by atoms with E-state index in [1.165, 1.54) is 0 Å². The highest BCUT2D eigenvalue weighted by atomic mass is 16.2. The average Bonchev–Trinajstić information content (AvgIpc) is 3.24. The van der Waals surface area contributed by atoms with Crippen molar-refractivity contribution in [1.82, 2.24) is 20.3 Å². The van der Waals surface area contributed by atoms with Crippen molar-refractivity contribution in [3.05, 3.63) is 54.1 Å². The van der Waals surface area contributed by atoms with E-state index in [9.17, 15) is 9.59 Å². The Morgan fingerprint density at radius 3 is 2.53 bits per heavy atom. The molecule has 2 aromatic carbocycles. The lowest BCUT2D eigenvalue weighted by Crippen LogP contribution is -2.31. The summed E-state index contributed by atoms with van der Waals surface area (Å²) in [5, 5.41) is 11.6. The van der Waals surface area contributed by atoms with Crippen LogP contribution in [0.25, 0.3) is 22.5 Å². The quantitative estimate of drug-likeness (QED) is 0.389. The summed E-state index contributed by atoms with van der Waals surface area (Å²) in [7, 11) is 1.87. The SMILES string of the molecule is CC(C)CC#CCNC(=O)CCCCC(=O)N1Cc2ccccc2-c2nnn(C)c2-c2ccccc21. The van der Waals surface area contributed by atoms with Crippen molar-refractivity contribution in [3.63, 3.8) is 0 Å². The number of nitrogens with one attached hydrogen (secondary N) is 1. The third-order valence-corrected chi connectivity index (χ3v) is 6.23. The molecule has 1 aliphatic heterocycles. The standard InChI is InChI=1S/C29H33N5O2/c1-21(2)12-10-11-19-30-26(35)17-8-9-18-27(36)34-20-22-13-4-5-14-23(22)28-29(33(3)32-31-28)24-15-6-7-16-25(24)34/h4-7,13-16,21H,8-9,12,17-20H2,1-3H3,(H,30,35). The normalized spacial score (nSPS) is 11.9. The van der Waals surface area contributed by atoms with Gasteiger partial charge in [0.15, 0.2) is 0 Å². The topological polar surface area (TPSA) is 80.1 Å². The molecule has 1 N–H and O–H groups in total. The van der Waals surface area contributed by atoms with Crippen LogP contribution in [0.5, 0.6) is 0 Å². The van der Waals surface area contributed by atoms with Gasteiger partial charge in [0.2, 0.25) is 11.8 Å². The van der Waals surface area contributed by atoms with E-state index in [2.05, 4.69) is 41.3 Å². The molecule has 3 aromatic rings. The first-order valence-corrected chi connectivity index (χ1v) is 12.6. The smallest absolute Gasteiger partial charge is 0.227 e. The summed E-state index contributed by atoms with van der Waals surface area (Å²) in [5.41, 5.74) is 5.51. The van der Waals surface area contributed by atoms with Crippen molar-refractivity contribution in [1.29, 1.82) is 0 Å². The van der Waals surface area contributed by atoms with Gasteiger partial charge in [-0.2, -0.15) is 0 Å². The van der Waals surface area contributed by atoms with Crippen LogP contribution in [0.1, 0.15) is 51.5 Å². The van der Waals surface area contributed by atoms with Gasteiger partial charge >= 0.3 is 0 Å². The van der Waals surface area contributed by atoms with Crippen LogP contribution in [-0.4, -0.2) is 33.4 Å². The highest BCUT2D eigenvalue weighted by molar-refractivity contribution is 6.00. The molecule has 2 heterocycles. The van der Waals surface area contributed by atoms with E-state index in [-0.39, 0.29) is 11.8 Å². The molecular formula is C29H33N5O2. The Morgan fingerprint density at radius 2 is 1.72 bits per heavy atom. The second-order valence-corrected chi connectivity index (χ2v) is 9.50. The number of hydrogen-bond donors (Lipinski definition) is 1. The second-order valence-electron chi connectivity index (χ2n) is 9.50. The Hall–Kier alpha value is -3.92. The molecular weight excluding hydrogens is 450 g/mol. The van der Waals surface area contributed by atoms with Gasteiger partial charge in [-0.25, -0.2) is 4.68 Å². The lowest BCUT2D eigenvalue weighted by molar-refractivity contribution is -0.122. The van der Waals surface area contributed by atoms with E-state index in [1.54, 1.807) is 4.68 Å². The zero-order valence-corrected chi connectivity index (χ0v) is 21.3. The molecule has 0 fully saturated rings. The highest BCUT2D eigenvalue weighted by Crippen LogP contribution is 2.40. The van der Waals surface area contributed by atoms with Gasteiger partial charge in [0, 0.05) is 37.4 Å². The van der Waals surface area contributed by atoms with Crippen LogP contribution in [0.15, 0.2) is 48.5 Å². The number of nitrogens with zero attached hydrogens (tertiary/aromatic N) is 4. The number of carbonyl (C=O) groups is 2. The number of fused-ring (bicyclic) bond motifs is 5. The van der Waals surface area contributed by atoms with Crippen molar-refractivity contribution in [2.45, 2.75) is 52.5 Å². The molecule has 0 atom stereocenters. The predicted molar refractivity (Wildman–Crippen MR) is 142 cm³/mol. The number of carbonyl (C=O) groups excluding carboxylic acids is 2. The number of aromatic nitrogens is 3. The fourth-order valence-corrected chi connectivity index (χ4v) is 4.38. The summed E-state index contributed by atoms with van der Waals surface area (Å²) < 4.78 is 1.77. The minimum absolute atomic E-state index is 0.0249. The van der Waals surface area contributed by atoms with Crippen molar-refractivity contribution in [2.24, 2.45) is 13.0 Å². The molecule has 0 bridgehead atoms. The van der Waals surface area contributed by atoms with Crippen LogP contribution in [0.2, 0.25) is 0 Å². The minimum atomic E-state index is -0.0249. The average molecular weight is 484 g/mol. The molecule has 7 heteroatoms. The third-order valence-electron chi connectivity index (χ3n) is 6.23. The zero-order chi connectivity index (χ0) is 25.5. The summed E-state index contributed by atoms with van der Waals surface area (Å²) in [6.45, 7) is 5.07. The number of aryl methyl sites for hydroxylation is 1. The summed E-state index contributed by atoms with van der Waals surface area (Å²) in [5.74, 6) is 6.59. The summed E-state index contributed by atoms with van der Waals surface area (Å²) in [4.78, 5) is 27.4. The molecule has 36 heavy (non-hydrogen) atoms. The van der Waals surface area contributed by atoms with Gasteiger partial charge in [0.05, 0.1) is 24.5 Å². The molecule has 0 saturated carbocycles. The number of benzene rings is 2. The first kappa shape index (κ1) is 25.2. The summed E-state index contributed by atoms with van der Waals surface area (Å²) in [6, 6.07) is 15.9. The van der Waals surface area contributed by atoms with E-state index in [4.69, 9.17) is 0 Å². The zero-order valence-electron chi connectivity index (χ0n) is 21.3. The predicted octanol–water partition coefficient (Wildman–Crippen LogP) is 4.72. The number of anilines is 1. The minimum Gasteiger partial charge on any atom is -0.345 e. The Labute approximate surface area is 212 Å². The van der Waals surface area contributed by atoms with Crippen molar-refractivity contribution in [3.8, 4) is 34.4 Å². The molecule has 7 nitrogen and oxygen atoms in total. The fraction of sp³-hybridized carbons (Fsp3) is 0.379. The molecule has 0 unspecified atom stereocenters. The van der Waals surface area contributed by atoms with E-state index >= 15 is 0 Å². The maximum absolute atomic E-state index is 13.5. The second kappa shape index (κ2) is 11.7. The first-order chi connectivity index (χ1) is 17.5. The highest BCUT2D eigenvalue weighted by Gasteiger charge is 2.28. The van der Waals surface area contributed by atoms with Crippen LogP contribution >= 0.6 is 0 Å². The number of hydrogen-bond acceptors (Lipinski definition) is 4. The monoisotopic (exact) mass is 483 g/mol. The van der Waals surface area contributed by atoms with Gasteiger partial charge in [-0.05, 0) is 30.4 Å². The lowest BCUT2D eigenvalue weighted by Gasteiger charge is -2.28. The molecule has 0 spiro atoms. The largest absolute Gasteiger partial charge is 0.345 e. The fourth-order valence-electron chi connectivity index (χ4n) is 4.38. The molecule has 2 amide bonds. The molecule has 4 rings (SSSR count). The molecule has 0 aliphatic carbocycles. The van der Waals surface area contributed by atoms with Crippen LogP contribution < -0.4 is 10.2 Å². The maximum atomic E-state index is 13.5. The number of para-hydroxylation sites is 1. The Bertz CT molecular complexity index is 1300. The third kappa shape index (κ3) is 5.83. The van der Waals surface area contributed by atoms with Crippen LogP contribution in [0.4, 0.5) is 5.69 Å². The molecule has 186 valence electrons. The molecule has 0 radical (unpaired) electrons. The van der Waals surface area contributed by atoms with Gasteiger partial charge in [-0.1, -0.05) is 67.4 Å². The van der Waals surface area contributed by atoms with Crippen LogP contribution in [0, 0.1) is 17.8 Å². The molecule has 1 aromatic heterocycles. The Balaban J connectivity index is 1.44. The molecule has 0 saturated heterocycles. The molecule has 1 aliphatic rings. The van der Waals surface area contributed by atoms with E-state index in [0.717, 1.165) is 40.2 Å². The van der Waals surface area contributed by atoms with E-state index in [1.807, 2.05) is 60.5 Å². The van der Waals surface area contributed by atoms with E-state index < -0.39 is 0 Å². The number of amides is 2. The van der Waals surface area contributed by atoms with Gasteiger partial charge in [0.25, 0.3) is 0 Å². The Morgan fingerprint density at radius 1 is 1.00 bits per heavy atom. The van der Waals surface area contributed by atoms with Crippen LogP contribution in [0.3, 0.4) is 0 Å². The lowest BCUT2D eigenvalue weighted by atomic mass is 9.95. The maximum Gasteiger partial charge on any atom is 0.227 e. The van der Waals surface area contributed by atoms with Crippen molar-refractivity contribution >= 4 is 17.5 Å². The number of rotatable bonds is 7. The van der Waals surface area contributed by atoms with Gasteiger partial charge in [-0.3, -0.25) is 9.59 Å². The van der Waals surface area contributed by atoms with Crippen LogP contribution in [-0.2, 0) is 23.2 Å². The van der Waals surface area contributed by atoms with Gasteiger partial charge in [-0.15, -0.1) is 11.0 Å². The van der Waals surface area contributed by atoms with Crippen molar-refractivity contribution < 1.29 is 9.59 Å². The van der Waals surface area contributed by atoms with Crippen molar-refractivity contribution in [2.75, 3.05) is 11.4 Å². The summed E-state index contributed by atoms with van der Waals surface area (Å²) >= 11 is 0. The van der Waals surface area contributed by atoms with Gasteiger partial charge < -0.3 is 10.2 Å². The summed E-state index contributed by atoms with van der Waals surface area (Å²) in [6.07, 6.45) is 2.89. The first-order valence-electron chi connectivity index (χ1n) is 12.6.